The molecule has 208 valence electrons. The van der Waals surface area contributed by atoms with Crippen LogP contribution in [0, 0.1) is 0 Å². The van der Waals surface area contributed by atoms with Gasteiger partial charge in [-0.25, -0.2) is 14.6 Å². The maximum atomic E-state index is 12.1. The largest absolute Gasteiger partial charge is 0.465 e. The van der Waals surface area contributed by atoms with E-state index < -0.39 is 6.09 Å². The van der Waals surface area contributed by atoms with Crippen LogP contribution < -0.4 is 10.6 Å². The molecule has 0 bridgehead atoms. The molecule has 0 unspecified atom stereocenters. The van der Waals surface area contributed by atoms with E-state index in [4.69, 9.17) is 10.2 Å². The van der Waals surface area contributed by atoms with E-state index in [1.807, 2.05) is 65.5 Å². The van der Waals surface area contributed by atoms with Crippen molar-refractivity contribution in [2.45, 2.75) is 13.0 Å². The van der Waals surface area contributed by atoms with Gasteiger partial charge in [0.05, 0.1) is 0 Å². The van der Waals surface area contributed by atoms with Crippen LogP contribution in [0.1, 0.15) is 16.8 Å². The van der Waals surface area contributed by atoms with Gasteiger partial charge in [-0.2, -0.15) is 5.10 Å². The van der Waals surface area contributed by atoms with Crippen LogP contribution in [0.25, 0.3) is 44.7 Å². The number of carbonyl (C=O) groups excluding carboxylic acids is 2. The number of aryl methyl sites for hydroxylation is 1. The Balaban J connectivity index is 1.55. The number of aldehydes is 1. The van der Waals surface area contributed by atoms with Gasteiger partial charge in [0.25, 0.3) is 0 Å². The van der Waals surface area contributed by atoms with Crippen molar-refractivity contribution in [2.24, 2.45) is 0 Å². The number of aromatic nitrogens is 4. The van der Waals surface area contributed by atoms with E-state index in [9.17, 15) is 14.4 Å². The number of urea groups is 1. The molecule has 3 aromatic heterocycles. The van der Waals surface area contributed by atoms with Gasteiger partial charge >= 0.3 is 12.1 Å². The highest BCUT2D eigenvalue weighted by molar-refractivity contribution is 5.99. The Kier molecular flexibility index (Phi) is 7.77. The monoisotopic (exact) mass is 551 g/mol. The molecule has 3 amide bonds. The summed E-state index contributed by atoms with van der Waals surface area (Å²) in [5, 5.41) is 19.9. The molecule has 4 N–H and O–H groups in total. The molecule has 5 aromatic rings. The van der Waals surface area contributed by atoms with Crippen molar-refractivity contribution in [3.8, 4) is 33.6 Å². The third-order valence-corrected chi connectivity index (χ3v) is 6.57. The number of nitrogens with zero attached hydrogens (tertiary/aromatic N) is 4. The normalized spacial score (nSPS) is 10.9. The molecular weight excluding hydrogens is 522 g/mol. The molecule has 3 heterocycles. The molecule has 11 heteroatoms. The fraction of sp³-hybridized carbons (Fsp3) is 0.167. The highest BCUT2D eigenvalue weighted by atomic mass is 16.4. The Morgan fingerprint density at radius 2 is 1.85 bits per heavy atom. The Morgan fingerprint density at radius 3 is 2.59 bits per heavy atom. The summed E-state index contributed by atoms with van der Waals surface area (Å²) in [6.07, 6.45) is 4.01. The number of nitrogens with one attached hydrogen (secondary N) is 3. The van der Waals surface area contributed by atoms with E-state index in [0.717, 1.165) is 45.3 Å². The number of anilines is 1. The van der Waals surface area contributed by atoms with Crippen LogP contribution in [0.5, 0.6) is 0 Å². The zero-order valence-corrected chi connectivity index (χ0v) is 22.6. The highest BCUT2D eigenvalue weighted by Crippen LogP contribution is 2.37. The molecule has 0 aliphatic rings. The van der Waals surface area contributed by atoms with Crippen molar-refractivity contribution in [1.82, 2.24) is 30.0 Å². The van der Waals surface area contributed by atoms with E-state index in [1.54, 1.807) is 26.4 Å². The molecule has 0 saturated heterocycles. The summed E-state index contributed by atoms with van der Waals surface area (Å²) in [7, 11) is 3.35. The number of hydrogen-bond acceptors (Lipinski definition) is 5. The lowest BCUT2D eigenvalue weighted by atomic mass is 10.00. The smallest absolute Gasteiger partial charge is 0.404 e. The Bertz CT molecular complexity index is 1720. The maximum Gasteiger partial charge on any atom is 0.404 e. The first-order valence-corrected chi connectivity index (χ1v) is 13.0. The van der Waals surface area contributed by atoms with Gasteiger partial charge in [0.15, 0.2) is 0 Å². The van der Waals surface area contributed by atoms with Crippen molar-refractivity contribution in [3.05, 3.63) is 78.6 Å². The number of pyridine rings is 1. The lowest BCUT2D eigenvalue weighted by Crippen LogP contribution is -2.27. The van der Waals surface area contributed by atoms with Crippen molar-refractivity contribution in [2.75, 3.05) is 26.0 Å². The number of H-pyrrole nitrogens is 1. The topological polar surface area (TPSA) is 145 Å². The van der Waals surface area contributed by atoms with Crippen molar-refractivity contribution in [3.63, 3.8) is 0 Å². The van der Waals surface area contributed by atoms with Crippen molar-refractivity contribution < 1.29 is 19.5 Å². The van der Waals surface area contributed by atoms with Gasteiger partial charge in [-0.15, -0.1) is 0 Å². The van der Waals surface area contributed by atoms with Gasteiger partial charge in [0.1, 0.15) is 17.6 Å². The van der Waals surface area contributed by atoms with Crippen LogP contribution >= 0.6 is 0 Å². The minimum atomic E-state index is -1.06. The lowest BCUT2D eigenvalue weighted by Gasteiger charge is -2.12. The maximum absolute atomic E-state index is 12.1. The van der Waals surface area contributed by atoms with Gasteiger partial charge in [-0.05, 0) is 47.9 Å². The molecule has 0 radical (unpaired) electrons. The SMILES string of the molecule is CN(C)C(=O)Nc1ccc(-c2nn(CCCNC(=O)O)cc2-c2ccnc3[nH]c(-c4cccc(C=O)c4)cc23)cc1. The first-order chi connectivity index (χ1) is 19.8. The van der Waals surface area contributed by atoms with Gasteiger partial charge in [-0.3, -0.25) is 9.48 Å². The molecule has 5 rings (SSSR count). The Hall–Kier alpha value is -5.45. The zero-order chi connectivity index (χ0) is 28.9. The first kappa shape index (κ1) is 27.1. The van der Waals surface area contributed by atoms with Crippen LogP contribution in [-0.2, 0) is 6.54 Å². The van der Waals surface area contributed by atoms with Gasteiger partial charge in [-0.1, -0.05) is 30.3 Å². The summed E-state index contributed by atoms with van der Waals surface area (Å²) in [5.41, 5.74) is 7.02. The minimum Gasteiger partial charge on any atom is -0.465 e. The zero-order valence-electron chi connectivity index (χ0n) is 22.6. The van der Waals surface area contributed by atoms with Gasteiger partial charge in [0, 0.05) is 73.0 Å². The van der Waals surface area contributed by atoms with E-state index in [0.29, 0.717) is 36.4 Å². The number of carbonyl (C=O) groups is 3. The highest BCUT2D eigenvalue weighted by Gasteiger charge is 2.18. The molecule has 2 aromatic carbocycles. The van der Waals surface area contributed by atoms with Crippen molar-refractivity contribution >= 4 is 35.1 Å². The summed E-state index contributed by atoms with van der Waals surface area (Å²) in [5.74, 6) is 0. The molecule has 0 fully saturated rings. The van der Waals surface area contributed by atoms with Crippen molar-refractivity contribution in [1.29, 1.82) is 0 Å². The molecule has 0 aliphatic heterocycles. The average molecular weight is 552 g/mol. The predicted octanol–water partition coefficient (Wildman–Crippen LogP) is 5.32. The van der Waals surface area contributed by atoms with E-state index in [1.165, 1.54) is 4.90 Å². The third kappa shape index (κ3) is 6.09. The number of amides is 3. The average Bonchev–Trinajstić information content (AvgIpc) is 3.60. The Morgan fingerprint density at radius 1 is 1.05 bits per heavy atom. The molecule has 0 saturated carbocycles. The summed E-state index contributed by atoms with van der Waals surface area (Å²) >= 11 is 0. The number of hydrogen-bond donors (Lipinski definition) is 4. The van der Waals surface area contributed by atoms with E-state index in [-0.39, 0.29) is 6.03 Å². The van der Waals surface area contributed by atoms with Gasteiger partial charge in [0.2, 0.25) is 0 Å². The standard InChI is InChI=1S/C30H29N7O4/c1-36(2)29(39)33-22-9-7-20(8-10-22)27-25(17-37(35-27)14-4-12-32-30(40)41)23-11-13-31-28-24(23)16-26(34-28)21-6-3-5-19(15-21)18-38/h3,5-11,13,15-18,32H,4,12,14H2,1-2H3,(H,31,34)(H,33,39)(H,40,41). The van der Waals surface area contributed by atoms with Crippen LogP contribution in [0.15, 0.2) is 73.1 Å². The fourth-order valence-corrected chi connectivity index (χ4v) is 4.53. The minimum absolute atomic E-state index is 0.223. The summed E-state index contributed by atoms with van der Waals surface area (Å²) in [6.45, 7) is 0.815. The Labute approximate surface area is 235 Å². The van der Waals surface area contributed by atoms with Crippen LogP contribution in [-0.4, -0.2) is 68.8 Å². The number of fused-ring (bicyclic) bond motifs is 1. The molecule has 41 heavy (non-hydrogen) atoms. The van der Waals surface area contributed by atoms with Gasteiger partial charge < -0.3 is 25.6 Å². The van der Waals surface area contributed by atoms with Crippen LogP contribution in [0.2, 0.25) is 0 Å². The fourth-order valence-electron chi connectivity index (χ4n) is 4.53. The molecule has 0 aliphatic carbocycles. The summed E-state index contributed by atoms with van der Waals surface area (Å²) in [4.78, 5) is 43.6. The number of rotatable bonds is 9. The molecule has 11 nitrogen and oxygen atoms in total. The second-order valence-corrected chi connectivity index (χ2v) is 9.69. The number of aromatic amines is 1. The lowest BCUT2D eigenvalue weighted by molar-refractivity contribution is 0.112. The molecular formula is C30H29N7O4. The third-order valence-electron chi connectivity index (χ3n) is 6.57. The summed E-state index contributed by atoms with van der Waals surface area (Å²) < 4.78 is 1.81. The summed E-state index contributed by atoms with van der Waals surface area (Å²) in [6, 6.07) is 18.5. The van der Waals surface area contributed by atoms with Crippen LogP contribution in [0.3, 0.4) is 0 Å². The second kappa shape index (κ2) is 11.7. The second-order valence-electron chi connectivity index (χ2n) is 9.69. The number of carboxylic acid groups (broad SMARTS) is 1. The quantitative estimate of drug-likeness (QED) is 0.144. The predicted molar refractivity (Wildman–Crippen MR) is 157 cm³/mol. The first-order valence-electron chi connectivity index (χ1n) is 13.0. The molecule has 0 spiro atoms. The molecule has 0 atom stereocenters. The number of benzene rings is 2. The van der Waals surface area contributed by atoms with E-state index in [2.05, 4.69) is 20.6 Å². The van der Waals surface area contributed by atoms with Crippen LogP contribution in [0.4, 0.5) is 15.3 Å². The van der Waals surface area contributed by atoms with E-state index >= 15 is 0 Å².